The lowest BCUT2D eigenvalue weighted by Gasteiger charge is -2.10. The average Bonchev–Trinajstić information content (AvgIpc) is 3.15. The van der Waals surface area contributed by atoms with E-state index in [1.54, 1.807) is 6.20 Å². The molecule has 5 nitrogen and oxygen atoms in total. The van der Waals surface area contributed by atoms with Gasteiger partial charge in [0, 0.05) is 17.8 Å². The molecule has 7 heteroatoms. The van der Waals surface area contributed by atoms with E-state index in [0.29, 0.717) is 10.9 Å². The van der Waals surface area contributed by atoms with E-state index >= 15 is 0 Å². The number of hydrogen-bond acceptors (Lipinski definition) is 5. The van der Waals surface area contributed by atoms with Gasteiger partial charge in [-0.3, -0.25) is 9.36 Å². The third kappa shape index (κ3) is 3.80. The minimum Gasteiger partial charge on any atom is -0.301 e. The highest BCUT2D eigenvalue weighted by Crippen LogP contribution is 2.23. The van der Waals surface area contributed by atoms with Crippen molar-refractivity contribution in [2.24, 2.45) is 0 Å². The number of anilines is 1. The van der Waals surface area contributed by atoms with Gasteiger partial charge in [-0.25, -0.2) is 9.97 Å². The largest absolute Gasteiger partial charge is 0.301 e. The van der Waals surface area contributed by atoms with E-state index < -0.39 is 0 Å². The summed E-state index contributed by atoms with van der Waals surface area (Å²) in [7, 11) is 0. The molecule has 2 aromatic heterocycles. The second-order valence-corrected chi connectivity index (χ2v) is 6.80. The zero-order chi connectivity index (χ0) is 16.2. The summed E-state index contributed by atoms with van der Waals surface area (Å²) in [5.41, 5.74) is 3.14. The molecule has 0 unspecified atom stereocenters. The third-order valence-electron chi connectivity index (χ3n) is 3.18. The van der Waals surface area contributed by atoms with E-state index in [4.69, 9.17) is 0 Å². The van der Waals surface area contributed by atoms with Crippen LogP contribution in [0.5, 0.6) is 0 Å². The van der Waals surface area contributed by atoms with Gasteiger partial charge >= 0.3 is 0 Å². The van der Waals surface area contributed by atoms with E-state index in [2.05, 4.69) is 28.3 Å². The van der Waals surface area contributed by atoms with Gasteiger partial charge in [0.25, 0.3) is 0 Å². The first-order valence-electron chi connectivity index (χ1n) is 7.07. The Morgan fingerprint density at radius 2 is 2.17 bits per heavy atom. The first-order chi connectivity index (χ1) is 11.1. The Hall–Kier alpha value is -2.12. The van der Waals surface area contributed by atoms with E-state index in [1.807, 2.05) is 41.3 Å². The first-order valence-corrected chi connectivity index (χ1v) is 8.94. The maximum absolute atomic E-state index is 12.0. The van der Waals surface area contributed by atoms with Crippen molar-refractivity contribution in [1.82, 2.24) is 14.5 Å². The number of amides is 1. The van der Waals surface area contributed by atoms with Crippen LogP contribution in [0.25, 0.3) is 5.69 Å². The minimum atomic E-state index is -0.0799. The quantitative estimate of drug-likeness (QED) is 0.717. The molecule has 0 radical (unpaired) electrons. The summed E-state index contributed by atoms with van der Waals surface area (Å²) in [5.74, 6) is 0.213. The Balaban J connectivity index is 1.66. The Morgan fingerprint density at radius 3 is 2.91 bits per heavy atom. The molecule has 1 N–H and O–H groups in total. The number of nitrogens with one attached hydrogen (secondary N) is 1. The van der Waals surface area contributed by atoms with Crippen LogP contribution in [0.3, 0.4) is 0 Å². The second kappa shape index (κ2) is 6.97. The number of nitrogens with zero attached hydrogens (tertiary/aromatic N) is 3. The number of para-hydroxylation sites is 1. The van der Waals surface area contributed by atoms with Crippen LogP contribution in [0, 0.1) is 13.8 Å². The maximum Gasteiger partial charge on any atom is 0.236 e. The fraction of sp³-hybridized carbons (Fsp3) is 0.188. The Bertz CT molecular complexity index is 825. The standard InChI is InChI=1S/C16H16N4OS2/c1-11-5-3-4-6-13(11)20-8-7-17-16(20)23-10-14(21)19-15-18-12(2)9-22-15/h3-9H,10H2,1-2H3,(H,18,19,21). The Morgan fingerprint density at radius 1 is 1.35 bits per heavy atom. The van der Waals surface area contributed by atoms with Crippen molar-refractivity contribution < 1.29 is 4.79 Å². The van der Waals surface area contributed by atoms with Gasteiger partial charge in [-0.2, -0.15) is 0 Å². The van der Waals surface area contributed by atoms with Crippen LogP contribution in [0.2, 0.25) is 0 Å². The molecular formula is C16H16N4OS2. The lowest BCUT2D eigenvalue weighted by molar-refractivity contribution is -0.113. The smallest absolute Gasteiger partial charge is 0.236 e. The van der Waals surface area contributed by atoms with Crippen molar-refractivity contribution in [3.05, 3.63) is 53.3 Å². The highest BCUT2D eigenvalue weighted by Gasteiger charge is 2.11. The monoisotopic (exact) mass is 344 g/mol. The summed E-state index contributed by atoms with van der Waals surface area (Å²) >= 11 is 2.84. The molecule has 3 rings (SSSR count). The van der Waals surface area contributed by atoms with Gasteiger partial charge < -0.3 is 5.32 Å². The molecular weight excluding hydrogens is 328 g/mol. The van der Waals surface area contributed by atoms with Crippen molar-refractivity contribution in [3.8, 4) is 5.69 Å². The molecule has 1 amide bonds. The van der Waals surface area contributed by atoms with E-state index in [-0.39, 0.29) is 5.91 Å². The van der Waals surface area contributed by atoms with Crippen molar-refractivity contribution in [2.45, 2.75) is 19.0 Å². The molecule has 1 aromatic carbocycles. The summed E-state index contributed by atoms with van der Waals surface area (Å²) in [5, 5.41) is 6.15. The molecule has 3 aromatic rings. The van der Waals surface area contributed by atoms with Crippen LogP contribution in [-0.4, -0.2) is 26.2 Å². The molecule has 0 saturated heterocycles. The van der Waals surface area contributed by atoms with E-state index in [9.17, 15) is 4.79 Å². The number of hydrogen-bond donors (Lipinski definition) is 1. The third-order valence-corrected chi connectivity index (χ3v) is 5.02. The summed E-state index contributed by atoms with van der Waals surface area (Å²) in [6.45, 7) is 3.96. The topological polar surface area (TPSA) is 59.8 Å². The fourth-order valence-corrected chi connectivity index (χ4v) is 3.58. The molecule has 0 bridgehead atoms. The number of aromatic nitrogens is 3. The average molecular weight is 344 g/mol. The van der Waals surface area contributed by atoms with Crippen LogP contribution >= 0.6 is 23.1 Å². The molecule has 118 valence electrons. The number of rotatable bonds is 5. The predicted molar refractivity (Wildman–Crippen MR) is 94.5 cm³/mol. The molecule has 0 fully saturated rings. The minimum absolute atomic E-state index is 0.0799. The van der Waals surface area contributed by atoms with E-state index in [0.717, 1.165) is 22.1 Å². The number of carbonyl (C=O) groups excluding carboxylic acids is 1. The number of carbonyl (C=O) groups is 1. The maximum atomic E-state index is 12.0. The van der Waals surface area contributed by atoms with Gasteiger partial charge in [0.1, 0.15) is 0 Å². The van der Waals surface area contributed by atoms with Crippen LogP contribution in [0.4, 0.5) is 5.13 Å². The molecule has 0 aliphatic carbocycles. The van der Waals surface area contributed by atoms with Gasteiger partial charge in [0.2, 0.25) is 5.91 Å². The van der Waals surface area contributed by atoms with Crippen LogP contribution in [0.1, 0.15) is 11.3 Å². The second-order valence-electron chi connectivity index (χ2n) is 5.00. The van der Waals surface area contributed by atoms with E-state index in [1.165, 1.54) is 23.1 Å². The van der Waals surface area contributed by atoms with Crippen LogP contribution < -0.4 is 5.32 Å². The number of thiazole rings is 1. The summed E-state index contributed by atoms with van der Waals surface area (Å²) in [6, 6.07) is 8.10. The van der Waals surface area contributed by atoms with Gasteiger partial charge in [0.15, 0.2) is 10.3 Å². The lowest BCUT2D eigenvalue weighted by Crippen LogP contribution is -2.14. The van der Waals surface area contributed by atoms with Gasteiger partial charge in [-0.15, -0.1) is 11.3 Å². The number of benzene rings is 1. The van der Waals surface area contributed by atoms with Gasteiger partial charge in [0.05, 0.1) is 17.1 Å². The lowest BCUT2D eigenvalue weighted by atomic mass is 10.2. The van der Waals surface area contributed by atoms with Crippen LogP contribution in [0.15, 0.2) is 47.2 Å². The molecule has 0 saturated carbocycles. The molecule has 23 heavy (non-hydrogen) atoms. The number of imidazole rings is 1. The summed E-state index contributed by atoms with van der Waals surface area (Å²) < 4.78 is 2.00. The molecule has 0 atom stereocenters. The Kier molecular flexibility index (Phi) is 4.78. The molecule has 0 aliphatic heterocycles. The van der Waals surface area contributed by atoms with Crippen LogP contribution in [-0.2, 0) is 4.79 Å². The molecule has 0 spiro atoms. The zero-order valence-corrected chi connectivity index (χ0v) is 14.4. The Labute approximate surface area is 142 Å². The van der Waals surface area contributed by atoms with Crippen molar-refractivity contribution >= 4 is 34.1 Å². The number of aryl methyl sites for hydroxylation is 2. The van der Waals surface area contributed by atoms with Gasteiger partial charge in [-0.1, -0.05) is 30.0 Å². The SMILES string of the molecule is Cc1csc(NC(=O)CSc2nccn2-c2ccccc2C)n1. The van der Waals surface area contributed by atoms with Crippen molar-refractivity contribution in [1.29, 1.82) is 0 Å². The summed E-state index contributed by atoms with van der Waals surface area (Å²) in [6.07, 6.45) is 3.66. The predicted octanol–water partition coefficient (Wildman–Crippen LogP) is 3.68. The highest BCUT2D eigenvalue weighted by molar-refractivity contribution is 7.99. The fourth-order valence-electron chi connectivity index (χ4n) is 2.11. The van der Waals surface area contributed by atoms with Crippen molar-refractivity contribution in [3.63, 3.8) is 0 Å². The molecule has 2 heterocycles. The number of thioether (sulfide) groups is 1. The summed E-state index contributed by atoms with van der Waals surface area (Å²) in [4.78, 5) is 20.6. The normalized spacial score (nSPS) is 10.7. The van der Waals surface area contributed by atoms with Crippen molar-refractivity contribution in [2.75, 3.05) is 11.1 Å². The highest BCUT2D eigenvalue weighted by atomic mass is 32.2. The molecule has 0 aliphatic rings. The first kappa shape index (κ1) is 15.8. The van der Waals surface area contributed by atoms with Gasteiger partial charge in [-0.05, 0) is 25.5 Å². The zero-order valence-electron chi connectivity index (χ0n) is 12.8.